The van der Waals surface area contributed by atoms with Gasteiger partial charge in [0.25, 0.3) is 0 Å². The highest BCUT2D eigenvalue weighted by molar-refractivity contribution is 5.87. The van der Waals surface area contributed by atoms with Crippen molar-refractivity contribution >= 4 is 22.9 Å². The Morgan fingerprint density at radius 2 is 1.60 bits per heavy atom. The summed E-state index contributed by atoms with van der Waals surface area (Å²) in [5, 5.41) is 0.112. The van der Waals surface area contributed by atoms with Crippen molar-refractivity contribution in [1.29, 1.82) is 0 Å². The molecule has 2 aromatic carbocycles. The molecular weight excluding hydrogens is 588 g/mol. The third-order valence-electron chi connectivity index (χ3n) is 6.50. The van der Waals surface area contributed by atoms with Crippen molar-refractivity contribution in [3.05, 3.63) is 58.1 Å². The van der Waals surface area contributed by atoms with Crippen LogP contribution < -0.4 is 24.4 Å². The molecule has 0 radical (unpaired) electrons. The summed E-state index contributed by atoms with van der Waals surface area (Å²) in [4.78, 5) is 37.8. The maximum Gasteiger partial charge on any atom is 0.344 e. The minimum Gasteiger partial charge on any atom is -0.493 e. The zero-order valence-corrected chi connectivity index (χ0v) is 26.3. The number of carbonyl (C=O) groups is 2. The number of hydrogen-bond donors (Lipinski definition) is 0. The molecule has 1 aromatic heterocycles. The number of hydrogen-bond acceptors (Lipinski definition) is 12. The fourth-order valence-electron chi connectivity index (χ4n) is 4.68. The van der Waals surface area contributed by atoms with Crippen LogP contribution in [0.5, 0.6) is 23.0 Å². The van der Waals surface area contributed by atoms with Gasteiger partial charge in [-0.15, -0.1) is 0 Å². The van der Waals surface area contributed by atoms with E-state index in [1.54, 1.807) is 45.9 Å². The fraction of sp³-hybridized carbons (Fsp3) is 0.424. The van der Waals surface area contributed by atoms with E-state index in [2.05, 4.69) is 0 Å². The average Bonchev–Trinajstić information content (AvgIpc) is 3.36. The van der Waals surface area contributed by atoms with Gasteiger partial charge in [-0.05, 0) is 32.4 Å². The van der Waals surface area contributed by atoms with E-state index in [-0.39, 0.29) is 54.7 Å². The van der Waals surface area contributed by atoms with Crippen molar-refractivity contribution < 1.29 is 51.9 Å². The predicted octanol–water partition coefficient (Wildman–Crippen LogP) is 5.31. The molecule has 0 unspecified atom stereocenters. The second kappa shape index (κ2) is 14.7. The van der Waals surface area contributed by atoms with Gasteiger partial charge in [0.1, 0.15) is 41.1 Å². The molecule has 12 nitrogen and oxygen atoms in total. The lowest BCUT2D eigenvalue weighted by atomic mass is 9.98. The number of benzene rings is 2. The second-order valence-corrected chi connectivity index (χ2v) is 10.3. The number of esters is 2. The molecule has 1 aliphatic heterocycles. The van der Waals surface area contributed by atoms with E-state index in [0.717, 1.165) is 6.42 Å². The van der Waals surface area contributed by atoms with Crippen LogP contribution in [0.4, 0.5) is 0 Å². The first-order chi connectivity index (χ1) is 21.6. The minimum absolute atomic E-state index is 0.0243. The molecule has 2 heterocycles. The van der Waals surface area contributed by atoms with E-state index in [9.17, 15) is 14.4 Å². The summed E-state index contributed by atoms with van der Waals surface area (Å²) in [7, 11) is 1.50. The molecule has 242 valence electrons. The van der Waals surface area contributed by atoms with Crippen LogP contribution in [-0.4, -0.2) is 57.9 Å². The highest BCUT2D eigenvalue weighted by atomic mass is 16.7. The van der Waals surface area contributed by atoms with E-state index >= 15 is 0 Å². The predicted molar refractivity (Wildman–Crippen MR) is 163 cm³/mol. The first-order valence-electron chi connectivity index (χ1n) is 14.7. The molecule has 3 aromatic rings. The number of rotatable bonds is 15. The highest BCUT2D eigenvalue weighted by Gasteiger charge is 2.28. The van der Waals surface area contributed by atoms with Gasteiger partial charge in [0.15, 0.2) is 35.9 Å². The largest absolute Gasteiger partial charge is 0.493 e. The lowest BCUT2D eigenvalue weighted by Crippen LogP contribution is -2.21. The molecule has 45 heavy (non-hydrogen) atoms. The van der Waals surface area contributed by atoms with Gasteiger partial charge in [-0.25, -0.2) is 9.59 Å². The van der Waals surface area contributed by atoms with Gasteiger partial charge in [-0.2, -0.15) is 0 Å². The standard InChI is InChI=1S/C33H38O12/c1-7-10-23-22(11-12-25(37-6)32(23)42-19-30(36)39-9-3)26-15-24(34)31-27(41-18-29(35)38-8-2)13-20(14-28(31)44-26)40-16-21-17-43-33(4,5)45-21/h11-15,17H,7-10,16,18-19H2,1-6H3. The van der Waals surface area contributed by atoms with Gasteiger partial charge in [-0.1, -0.05) is 13.3 Å². The Morgan fingerprint density at radius 1 is 0.889 bits per heavy atom. The minimum atomic E-state index is -0.814. The third kappa shape index (κ3) is 8.20. The Morgan fingerprint density at radius 3 is 2.22 bits per heavy atom. The molecule has 0 atom stereocenters. The summed E-state index contributed by atoms with van der Waals surface area (Å²) in [5.41, 5.74) is 0.988. The van der Waals surface area contributed by atoms with E-state index < -0.39 is 29.8 Å². The topological polar surface area (TPSA) is 138 Å². The molecule has 0 fully saturated rings. The summed E-state index contributed by atoms with van der Waals surface area (Å²) in [6.45, 7) is 8.59. The van der Waals surface area contributed by atoms with E-state index in [4.69, 9.17) is 42.3 Å². The van der Waals surface area contributed by atoms with E-state index in [1.807, 2.05) is 6.92 Å². The van der Waals surface area contributed by atoms with Crippen LogP contribution in [0.1, 0.15) is 46.6 Å². The normalized spacial score (nSPS) is 13.3. The molecule has 1 aliphatic rings. The van der Waals surface area contributed by atoms with Crippen LogP contribution >= 0.6 is 0 Å². The SMILES string of the molecule is CCCc1c(-c2cc(=O)c3c(OCC(=O)OCC)cc(OCC4=COC(C)(C)O4)cc3o2)ccc(OC)c1OCC(=O)OCC. The molecule has 12 heteroatoms. The van der Waals surface area contributed by atoms with E-state index in [1.165, 1.54) is 25.5 Å². The maximum absolute atomic E-state index is 13.6. The Kier molecular flexibility index (Phi) is 10.8. The zero-order valence-electron chi connectivity index (χ0n) is 26.3. The first kappa shape index (κ1) is 33.0. The lowest BCUT2D eigenvalue weighted by molar-refractivity contribution is -0.146. The number of methoxy groups -OCH3 is 1. The number of fused-ring (bicyclic) bond motifs is 1. The summed E-state index contributed by atoms with van der Waals surface area (Å²) in [5.74, 6) is -0.110. The van der Waals surface area contributed by atoms with Crippen molar-refractivity contribution in [1.82, 2.24) is 0 Å². The molecule has 0 bridgehead atoms. The summed E-state index contributed by atoms with van der Waals surface area (Å²) >= 11 is 0. The molecule has 0 saturated heterocycles. The van der Waals surface area contributed by atoms with Gasteiger partial charge < -0.3 is 42.3 Å². The highest BCUT2D eigenvalue weighted by Crippen LogP contribution is 2.40. The molecule has 0 amide bonds. The lowest BCUT2D eigenvalue weighted by Gasteiger charge is -2.19. The van der Waals surface area contributed by atoms with Crippen LogP contribution in [0.2, 0.25) is 0 Å². The Balaban J connectivity index is 1.79. The molecule has 0 aliphatic carbocycles. The van der Waals surface area contributed by atoms with Gasteiger partial charge in [0.05, 0.1) is 20.3 Å². The quantitative estimate of drug-likeness (QED) is 0.202. The van der Waals surface area contributed by atoms with Crippen molar-refractivity contribution in [2.45, 2.75) is 53.2 Å². The van der Waals surface area contributed by atoms with Crippen molar-refractivity contribution in [3.8, 4) is 34.3 Å². The summed E-state index contributed by atoms with van der Waals surface area (Å²) in [6.07, 6.45) is 2.71. The Hall–Kier alpha value is -4.87. The van der Waals surface area contributed by atoms with Gasteiger partial charge in [0, 0.05) is 43.2 Å². The van der Waals surface area contributed by atoms with Crippen molar-refractivity contribution in [2.75, 3.05) is 40.1 Å². The monoisotopic (exact) mass is 626 g/mol. The van der Waals surface area contributed by atoms with Gasteiger partial charge in [0.2, 0.25) is 5.79 Å². The summed E-state index contributed by atoms with van der Waals surface area (Å²) in [6, 6.07) is 7.82. The molecule has 0 spiro atoms. The fourth-order valence-corrected chi connectivity index (χ4v) is 4.68. The van der Waals surface area contributed by atoms with Gasteiger partial charge >= 0.3 is 11.9 Å². The van der Waals surface area contributed by atoms with Crippen LogP contribution in [0.3, 0.4) is 0 Å². The van der Waals surface area contributed by atoms with Crippen LogP contribution in [0.25, 0.3) is 22.3 Å². The zero-order chi connectivity index (χ0) is 32.6. The third-order valence-corrected chi connectivity index (χ3v) is 6.50. The Bertz CT molecular complexity index is 1620. The maximum atomic E-state index is 13.6. The van der Waals surface area contributed by atoms with Gasteiger partial charge in [-0.3, -0.25) is 4.79 Å². The number of ether oxygens (including phenoxy) is 8. The molecule has 4 rings (SSSR count). The van der Waals surface area contributed by atoms with Crippen molar-refractivity contribution in [2.24, 2.45) is 0 Å². The molecule has 0 N–H and O–H groups in total. The smallest absolute Gasteiger partial charge is 0.344 e. The van der Waals surface area contributed by atoms with Crippen LogP contribution in [0, 0.1) is 0 Å². The van der Waals surface area contributed by atoms with Crippen LogP contribution in [-0.2, 0) is 35.0 Å². The number of carbonyl (C=O) groups excluding carboxylic acids is 2. The van der Waals surface area contributed by atoms with E-state index in [0.29, 0.717) is 34.8 Å². The first-order valence-corrected chi connectivity index (χ1v) is 14.7. The molecule has 0 saturated carbocycles. The molecular formula is C33H38O12. The van der Waals surface area contributed by atoms with Crippen molar-refractivity contribution in [3.63, 3.8) is 0 Å². The van der Waals surface area contributed by atoms with Crippen LogP contribution in [0.15, 0.2) is 51.6 Å². The average molecular weight is 627 g/mol. The summed E-state index contributed by atoms with van der Waals surface area (Å²) < 4.78 is 50.5. The Labute approximate surface area is 260 Å². The second-order valence-electron chi connectivity index (χ2n) is 10.3.